The lowest BCUT2D eigenvalue weighted by atomic mass is 10.1. The fourth-order valence-corrected chi connectivity index (χ4v) is 4.02. The van der Waals surface area contributed by atoms with Crippen molar-refractivity contribution in [3.8, 4) is 0 Å². The number of carbonyl (C=O) groups excluding carboxylic acids is 2. The van der Waals surface area contributed by atoms with Gasteiger partial charge < -0.3 is 10.6 Å². The largest absolute Gasteiger partial charge is 0.348 e. The number of hydrogen-bond acceptors (Lipinski definition) is 3. The fourth-order valence-electron chi connectivity index (χ4n) is 4.02. The molecule has 0 atom stereocenters. The van der Waals surface area contributed by atoms with Crippen molar-refractivity contribution in [2.24, 2.45) is 0 Å². The fraction of sp³-hybridized carbons (Fsp3) is 0.440. The van der Waals surface area contributed by atoms with Gasteiger partial charge in [-0.15, -0.1) is 0 Å². The summed E-state index contributed by atoms with van der Waals surface area (Å²) in [6, 6.07) is 15.7. The van der Waals surface area contributed by atoms with Crippen LogP contribution in [-0.2, 0) is 11.3 Å². The van der Waals surface area contributed by atoms with Crippen LogP contribution in [0.3, 0.4) is 0 Å². The van der Waals surface area contributed by atoms with Crippen molar-refractivity contribution in [3.63, 3.8) is 0 Å². The molecule has 0 spiro atoms. The molecule has 0 aliphatic heterocycles. The van der Waals surface area contributed by atoms with Gasteiger partial charge >= 0.3 is 0 Å². The van der Waals surface area contributed by atoms with E-state index in [4.69, 9.17) is 0 Å². The lowest BCUT2D eigenvalue weighted by Crippen LogP contribution is -2.38. The molecule has 2 amide bonds. The van der Waals surface area contributed by atoms with Crippen molar-refractivity contribution in [3.05, 3.63) is 65.2 Å². The Morgan fingerprint density at radius 3 is 2.33 bits per heavy atom. The molecule has 1 saturated carbocycles. The highest BCUT2D eigenvalue weighted by Gasteiger charge is 2.20. The maximum Gasteiger partial charge on any atom is 0.253 e. The van der Waals surface area contributed by atoms with Gasteiger partial charge in [-0.1, -0.05) is 67.6 Å². The number of nitrogens with zero attached hydrogens (tertiary/aromatic N) is 1. The predicted octanol–water partition coefficient (Wildman–Crippen LogP) is 4.52. The van der Waals surface area contributed by atoms with E-state index >= 15 is 0 Å². The molecule has 0 saturated heterocycles. The van der Waals surface area contributed by atoms with E-state index in [9.17, 15) is 9.59 Å². The topological polar surface area (TPSA) is 61.4 Å². The molecule has 0 heterocycles. The number of amides is 2. The van der Waals surface area contributed by atoms with Gasteiger partial charge in [-0.05, 0) is 44.5 Å². The molecule has 5 heteroatoms. The number of benzene rings is 2. The standard InChI is InChI=1S/C25H33N3O2/c1-19-13-15-20(16-14-19)17-26-25(30)22-11-7-8-12-23(22)27-24(29)18-28(2)21-9-5-3-4-6-10-21/h7-8,11-16,21H,3-6,9-10,17-18H2,1-2H3,(H,26,30)(H,27,29). The number of aryl methyl sites for hydroxylation is 1. The van der Waals surface area contributed by atoms with Crippen LogP contribution in [0.25, 0.3) is 0 Å². The van der Waals surface area contributed by atoms with E-state index in [2.05, 4.69) is 15.5 Å². The summed E-state index contributed by atoms with van der Waals surface area (Å²) in [6.07, 6.45) is 7.37. The highest BCUT2D eigenvalue weighted by Crippen LogP contribution is 2.21. The third kappa shape index (κ3) is 6.42. The summed E-state index contributed by atoms with van der Waals surface area (Å²) in [5.74, 6) is -0.274. The molecule has 3 rings (SSSR count). The first-order valence-electron chi connectivity index (χ1n) is 11.0. The van der Waals surface area contributed by atoms with Crippen LogP contribution in [0.1, 0.15) is 60.0 Å². The van der Waals surface area contributed by atoms with Gasteiger partial charge in [0.2, 0.25) is 5.91 Å². The average Bonchev–Trinajstić information content (AvgIpc) is 3.03. The predicted molar refractivity (Wildman–Crippen MR) is 122 cm³/mol. The van der Waals surface area contributed by atoms with E-state index in [0.717, 1.165) is 18.4 Å². The highest BCUT2D eigenvalue weighted by atomic mass is 16.2. The number of likely N-dealkylation sites (N-methyl/N-ethyl adjacent to an activating group) is 1. The molecular formula is C25H33N3O2. The van der Waals surface area contributed by atoms with Gasteiger partial charge in [0.05, 0.1) is 17.8 Å². The molecule has 0 aromatic heterocycles. The van der Waals surface area contributed by atoms with E-state index in [1.165, 1.54) is 31.2 Å². The average molecular weight is 408 g/mol. The van der Waals surface area contributed by atoms with Crippen molar-refractivity contribution in [2.75, 3.05) is 18.9 Å². The van der Waals surface area contributed by atoms with Crippen molar-refractivity contribution in [1.82, 2.24) is 10.2 Å². The Morgan fingerprint density at radius 2 is 1.63 bits per heavy atom. The van der Waals surface area contributed by atoms with Crippen molar-refractivity contribution in [1.29, 1.82) is 0 Å². The molecule has 0 radical (unpaired) electrons. The van der Waals surface area contributed by atoms with Gasteiger partial charge in [0, 0.05) is 12.6 Å². The molecule has 160 valence electrons. The normalized spacial score (nSPS) is 14.9. The number of carbonyl (C=O) groups is 2. The van der Waals surface area contributed by atoms with E-state index in [1.54, 1.807) is 12.1 Å². The van der Waals surface area contributed by atoms with Crippen LogP contribution >= 0.6 is 0 Å². The maximum atomic E-state index is 12.7. The van der Waals surface area contributed by atoms with E-state index < -0.39 is 0 Å². The second kappa shape index (κ2) is 10.9. The third-order valence-corrected chi connectivity index (χ3v) is 5.86. The van der Waals surface area contributed by atoms with E-state index in [1.807, 2.05) is 50.4 Å². The first-order valence-corrected chi connectivity index (χ1v) is 11.0. The van der Waals surface area contributed by atoms with Gasteiger partial charge in [0.15, 0.2) is 0 Å². The number of rotatable bonds is 7. The second-order valence-electron chi connectivity index (χ2n) is 8.32. The Bertz CT molecular complexity index is 840. The minimum absolute atomic E-state index is 0.0828. The third-order valence-electron chi connectivity index (χ3n) is 5.86. The van der Waals surface area contributed by atoms with Gasteiger partial charge in [0.1, 0.15) is 0 Å². The molecule has 1 fully saturated rings. The van der Waals surface area contributed by atoms with Crippen molar-refractivity contribution < 1.29 is 9.59 Å². The number of anilines is 1. The zero-order valence-electron chi connectivity index (χ0n) is 18.1. The zero-order chi connectivity index (χ0) is 21.3. The minimum Gasteiger partial charge on any atom is -0.348 e. The lowest BCUT2D eigenvalue weighted by Gasteiger charge is -2.26. The first-order chi connectivity index (χ1) is 14.5. The molecule has 2 N–H and O–H groups in total. The maximum absolute atomic E-state index is 12.7. The smallest absolute Gasteiger partial charge is 0.253 e. The summed E-state index contributed by atoms with van der Waals surface area (Å²) >= 11 is 0. The summed E-state index contributed by atoms with van der Waals surface area (Å²) in [7, 11) is 2.02. The van der Waals surface area contributed by atoms with Crippen molar-refractivity contribution in [2.45, 2.75) is 58.0 Å². The Kier molecular flexibility index (Phi) is 8.03. The molecule has 0 unspecified atom stereocenters. The minimum atomic E-state index is -0.191. The Morgan fingerprint density at radius 1 is 0.967 bits per heavy atom. The zero-order valence-corrected chi connectivity index (χ0v) is 18.1. The quantitative estimate of drug-likeness (QED) is 0.664. The number of nitrogens with one attached hydrogen (secondary N) is 2. The van der Waals surface area contributed by atoms with Gasteiger partial charge in [0.25, 0.3) is 5.91 Å². The van der Waals surface area contributed by atoms with Crippen LogP contribution in [0, 0.1) is 6.92 Å². The molecule has 30 heavy (non-hydrogen) atoms. The second-order valence-corrected chi connectivity index (χ2v) is 8.32. The summed E-state index contributed by atoms with van der Waals surface area (Å²) in [4.78, 5) is 27.5. The van der Waals surface area contributed by atoms with Gasteiger partial charge in [-0.3, -0.25) is 14.5 Å². The summed E-state index contributed by atoms with van der Waals surface area (Å²) in [5, 5.41) is 5.89. The highest BCUT2D eigenvalue weighted by molar-refractivity contribution is 6.04. The van der Waals surface area contributed by atoms with E-state index in [-0.39, 0.29) is 11.8 Å². The van der Waals surface area contributed by atoms with Crippen LogP contribution in [0.5, 0.6) is 0 Å². The monoisotopic (exact) mass is 407 g/mol. The first kappa shape index (κ1) is 22.0. The SMILES string of the molecule is Cc1ccc(CNC(=O)c2ccccc2NC(=O)CN(C)C2CCCCCC2)cc1. The molecule has 1 aliphatic rings. The Balaban J connectivity index is 1.57. The molecular weight excluding hydrogens is 374 g/mol. The van der Waals surface area contributed by atoms with E-state index in [0.29, 0.717) is 30.4 Å². The molecule has 5 nitrogen and oxygen atoms in total. The van der Waals surface area contributed by atoms with Gasteiger partial charge in [-0.2, -0.15) is 0 Å². The number of hydrogen-bond donors (Lipinski definition) is 2. The summed E-state index contributed by atoms with van der Waals surface area (Å²) in [6.45, 7) is 2.82. The van der Waals surface area contributed by atoms with Crippen LogP contribution in [0.2, 0.25) is 0 Å². The lowest BCUT2D eigenvalue weighted by molar-refractivity contribution is -0.117. The molecule has 1 aliphatic carbocycles. The number of para-hydroxylation sites is 1. The molecule has 2 aromatic rings. The van der Waals surface area contributed by atoms with Crippen molar-refractivity contribution >= 4 is 17.5 Å². The molecule has 2 aromatic carbocycles. The Labute approximate surface area is 179 Å². The van der Waals surface area contributed by atoms with Crippen LogP contribution in [0.15, 0.2) is 48.5 Å². The summed E-state index contributed by atoms with van der Waals surface area (Å²) in [5.41, 5.74) is 3.26. The van der Waals surface area contributed by atoms with Crippen LogP contribution < -0.4 is 10.6 Å². The Hall–Kier alpha value is -2.66. The van der Waals surface area contributed by atoms with Crippen LogP contribution in [-0.4, -0.2) is 36.3 Å². The molecule has 0 bridgehead atoms. The summed E-state index contributed by atoms with van der Waals surface area (Å²) < 4.78 is 0. The van der Waals surface area contributed by atoms with Gasteiger partial charge in [-0.25, -0.2) is 0 Å². The van der Waals surface area contributed by atoms with Crippen LogP contribution in [0.4, 0.5) is 5.69 Å².